The van der Waals surface area contributed by atoms with Gasteiger partial charge in [0.1, 0.15) is 17.3 Å². The number of halogens is 2. The third-order valence-corrected chi connectivity index (χ3v) is 3.94. The predicted molar refractivity (Wildman–Crippen MR) is 82.5 cm³/mol. The number of hydrogen-bond acceptors (Lipinski definition) is 3. The Hall–Kier alpha value is -1.25. The van der Waals surface area contributed by atoms with Crippen LogP contribution in [0.5, 0.6) is 0 Å². The van der Waals surface area contributed by atoms with E-state index in [1.54, 1.807) is 0 Å². The van der Waals surface area contributed by atoms with Crippen molar-refractivity contribution >= 4 is 35.6 Å². The molecule has 1 aromatic rings. The summed E-state index contributed by atoms with van der Waals surface area (Å²) in [6, 6.07) is 2.29. The van der Waals surface area contributed by atoms with Crippen molar-refractivity contribution in [2.75, 3.05) is 5.32 Å². The molecule has 0 saturated carbocycles. The largest absolute Gasteiger partial charge is 0.495 e. The van der Waals surface area contributed by atoms with Crippen molar-refractivity contribution < 1.29 is 18.1 Å². The molecule has 8 heteroatoms. The highest BCUT2D eigenvalue weighted by molar-refractivity contribution is 7.80. The summed E-state index contributed by atoms with van der Waals surface area (Å²) in [5.74, 6) is -1.62. The molecule has 1 aliphatic heterocycles. The van der Waals surface area contributed by atoms with Crippen molar-refractivity contribution in [3.63, 3.8) is 0 Å². The average Bonchev–Trinajstić information content (AvgIpc) is 2.53. The van der Waals surface area contributed by atoms with Crippen molar-refractivity contribution in [3.05, 3.63) is 23.8 Å². The van der Waals surface area contributed by atoms with Gasteiger partial charge in [0.25, 0.3) is 0 Å². The van der Waals surface area contributed by atoms with Gasteiger partial charge in [0.05, 0.1) is 11.2 Å². The Bertz CT molecular complexity index is 557. The van der Waals surface area contributed by atoms with Crippen LogP contribution >= 0.6 is 12.2 Å². The van der Waals surface area contributed by atoms with Crippen LogP contribution in [0, 0.1) is 11.6 Å². The summed E-state index contributed by atoms with van der Waals surface area (Å²) in [4.78, 5) is 0. The summed E-state index contributed by atoms with van der Waals surface area (Å²) in [5.41, 5.74) is 3.94. The Morgan fingerprint density at radius 1 is 1.14 bits per heavy atom. The highest BCUT2D eigenvalue weighted by atomic mass is 32.1. The quantitative estimate of drug-likeness (QED) is 0.645. The van der Waals surface area contributed by atoms with Gasteiger partial charge in [0.2, 0.25) is 0 Å². The standard InChI is InChI=1S/C13H17BF2N2O2S/c1-12(2)13(3,4)20-14(19-12)7-5-8(15)10(9(16)6-7)18-11(17)21/h5-6H,1-4H3,(H3,17,18,21). The summed E-state index contributed by atoms with van der Waals surface area (Å²) >= 11 is 4.58. The Morgan fingerprint density at radius 2 is 1.57 bits per heavy atom. The predicted octanol–water partition coefficient (Wildman–Crippen LogP) is 1.92. The van der Waals surface area contributed by atoms with Crippen molar-refractivity contribution in [2.24, 2.45) is 5.73 Å². The molecule has 0 unspecified atom stereocenters. The molecule has 1 aliphatic rings. The monoisotopic (exact) mass is 314 g/mol. The van der Waals surface area contributed by atoms with Gasteiger partial charge in [-0.05, 0) is 57.5 Å². The van der Waals surface area contributed by atoms with Crippen molar-refractivity contribution in [1.82, 2.24) is 0 Å². The fourth-order valence-corrected chi connectivity index (χ4v) is 2.05. The molecule has 0 radical (unpaired) electrons. The highest BCUT2D eigenvalue weighted by Crippen LogP contribution is 2.36. The maximum absolute atomic E-state index is 14.0. The van der Waals surface area contributed by atoms with Crippen molar-refractivity contribution in [1.29, 1.82) is 0 Å². The van der Waals surface area contributed by atoms with E-state index in [1.807, 2.05) is 27.7 Å². The summed E-state index contributed by atoms with van der Waals surface area (Å²) in [5, 5.41) is 2.06. The van der Waals surface area contributed by atoms with Gasteiger partial charge in [-0.25, -0.2) is 8.78 Å². The minimum atomic E-state index is -0.835. The van der Waals surface area contributed by atoms with E-state index in [1.165, 1.54) is 0 Å². The van der Waals surface area contributed by atoms with Crippen LogP contribution in [0.3, 0.4) is 0 Å². The van der Waals surface area contributed by atoms with E-state index < -0.39 is 30.0 Å². The fourth-order valence-electron chi connectivity index (χ4n) is 1.95. The van der Waals surface area contributed by atoms with Crippen LogP contribution in [0.2, 0.25) is 0 Å². The molecule has 1 saturated heterocycles. The van der Waals surface area contributed by atoms with Crippen LogP contribution in [0.1, 0.15) is 27.7 Å². The van der Waals surface area contributed by atoms with E-state index in [0.717, 1.165) is 12.1 Å². The highest BCUT2D eigenvalue weighted by Gasteiger charge is 2.51. The van der Waals surface area contributed by atoms with Crippen LogP contribution in [0.15, 0.2) is 12.1 Å². The molecule has 4 nitrogen and oxygen atoms in total. The third-order valence-electron chi connectivity index (χ3n) is 3.84. The molecule has 3 N–H and O–H groups in total. The minimum absolute atomic E-state index is 0.212. The number of anilines is 1. The van der Waals surface area contributed by atoms with E-state index in [-0.39, 0.29) is 16.3 Å². The molecule has 114 valence electrons. The van der Waals surface area contributed by atoms with Crippen molar-refractivity contribution in [3.8, 4) is 0 Å². The lowest BCUT2D eigenvalue weighted by Crippen LogP contribution is -2.41. The summed E-state index contributed by atoms with van der Waals surface area (Å²) in [6.45, 7) is 7.45. The summed E-state index contributed by atoms with van der Waals surface area (Å²) in [7, 11) is -0.835. The zero-order chi connectivity index (χ0) is 16.0. The smallest absolute Gasteiger partial charge is 0.399 e. The summed E-state index contributed by atoms with van der Waals surface area (Å²) < 4.78 is 39.5. The zero-order valence-electron chi connectivity index (χ0n) is 12.3. The fraction of sp³-hybridized carbons (Fsp3) is 0.462. The number of benzene rings is 1. The first kappa shape index (κ1) is 16.1. The first-order chi connectivity index (χ1) is 9.53. The Kier molecular flexibility index (Phi) is 3.99. The van der Waals surface area contributed by atoms with Gasteiger partial charge in [-0.1, -0.05) is 0 Å². The molecular formula is C13H17BF2N2O2S. The van der Waals surface area contributed by atoms with Crippen LogP contribution in [-0.4, -0.2) is 23.4 Å². The van der Waals surface area contributed by atoms with E-state index in [2.05, 4.69) is 17.5 Å². The summed E-state index contributed by atoms with van der Waals surface area (Å²) in [6.07, 6.45) is 0. The molecule has 0 spiro atoms. The molecule has 0 aliphatic carbocycles. The van der Waals surface area contributed by atoms with Crippen molar-refractivity contribution in [2.45, 2.75) is 38.9 Å². The molecule has 1 heterocycles. The van der Waals surface area contributed by atoms with E-state index in [9.17, 15) is 8.78 Å². The number of nitrogens with two attached hydrogens (primary N) is 1. The molecule has 1 fully saturated rings. The lowest BCUT2D eigenvalue weighted by Gasteiger charge is -2.32. The van der Waals surface area contributed by atoms with Gasteiger partial charge in [0.15, 0.2) is 5.11 Å². The number of nitrogens with one attached hydrogen (secondary N) is 1. The van der Waals surface area contributed by atoms with E-state index in [4.69, 9.17) is 15.0 Å². The molecule has 0 amide bonds. The van der Waals surface area contributed by atoms with Gasteiger partial charge in [-0.2, -0.15) is 0 Å². The number of thiocarbonyl (C=S) groups is 1. The van der Waals surface area contributed by atoms with E-state index in [0.29, 0.717) is 0 Å². The number of rotatable bonds is 2. The second-order valence-corrected chi connectivity index (χ2v) is 6.38. The Morgan fingerprint density at radius 3 is 1.95 bits per heavy atom. The molecule has 21 heavy (non-hydrogen) atoms. The third kappa shape index (κ3) is 3.02. The number of hydrogen-bond donors (Lipinski definition) is 2. The Balaban J connectivity index is 2.33. The molecule has 0 bridgehead atoms. The normalized spacial score (nSPS) is 19.6. The second kappa shape index (κ2) is 5.19. The molecule has 0 aromatic heterocycles. The maximum atomic E-state index is 14.0. The topological polar surface area (TPSA) is 56.5 Å². The van der Waals surface area contributed by atoms with Gasteiger partial charge in [0, 0.05) is 0 Å². The Labute approximate surface area is 128 Å². The van der Waals surface area contributed by atoms with Crippen LogP contribution in [0.25, 0.3) is 0 Å². The van der Waals surface area contributed by atoms with Crippen LogP contribution in [-0.2, 0) is 9.31 Å². The maximum Gasteiger partial charge on any atom is 0.495 e. The lowest BCUT2D eigenvalue weighted by atomic mass is 9.79. The average molecular weight is 314 g/mol. The van der Waals surface area contributed by atoms with Gasteiger partial charge >= 0.3 is 7.12 Å². The van der Waals surface area contributed by atoms with Crippen LogP contribution < -0.4 is 16.5 Å². The lowest BCUT2D eigenvalue weighted by molar-refractivity contribution is 0.00578. The first-order valence-electron chi connectivity index (χ1n) is 6.44. The zero-order valence-corrected chi connectivity index (χ0v) is 13.1. The SMILES string of the molecule is CC1(C)OB(c2cc(F)c(NC(N)=S)c(F)c2)OC1(C)C. The minimum Gasteiger partial charge on any atom is -0.399 e. The van der Waals surface area contributed by atoms with Gasteiger partial charge in [-0.15, -0.1) is 0 Å². The van der Waals surface area contributed by atoms with E-state index >= 15 is 0 Å². The first-order valence-corrected chi connectivity index (χ1v) is 6.85. The van der Waals surface area contributed by atoms with Crippen LogP contribution in [0.4, 0.5) is 14.5 Å². The molecular weight excluding hydrogens is 297 g/mol. The molecule has 0 atom stereocenters. The molecule has 1 aromatic carbocycles. The molecule has 2 rings (SSSR count). The second-order valence-electron chi connectivity index (χ2n) is 5.94. The van der Waals surface area contributed by atoms with Gasteiger partial charge < -0.3 is 20.4 Å². The van der Waals surface area contributed by atoms with Gasteiger partial charge in [-0.3, -0.25) is 0 Å².